The molecule has 1 aliphatic rings. The molecule has 0 aromatic heterocycles. The monoisotopic (exact) mass is 274 g/mol. The standard InChI is InChI=1S/C17H26N2O/c1-17(2,3)11-15-5-4-10-19(15)16(20)14-8-6-13(12-18)7-9-14/h6-9,15H,4-5,10-12,18H2,1-3H3/t15-/m0/s1. The molecule has 1 aromatic rings. The van der Waals surface area contributed by atoms with E-state index in [0.717, 1.165) is 36.9 Å². The number of benzene rings is 1. The van der Waals surface area contributed by atoms with Crippen LogP contribution in [0.2, 0.25) is 0 Å². The molecule has 110 valence electrons. The van der Waals surface area contributed by atoms with Gasteiger partial charge in [-0.25, -0.2) is 0 Å². The highest BCUT2D eigenvalue weighted by Gasteiger charge is 2.32. The van der Waals surface area contributed by atoms with E-state index in [2.05, 4.69) is 25.7 Å². The summed E-state index contributed by atoms with van der Waals surface area (Å²) in [4.78, 5) is 14.7. The fourth-order valence-corrected chi connectivity index (χ4v) is 2.97. The quantitative estimate of drug-likeness (QED) is 0.920. The van der Waals surface area contributed by atoms with Crippen LogP contribution in [0.5, 0.6) is 0 Å². The second kappa shape index (κ2) is 5.96. The van der Waals surface area contributed by atoms with E-state index >= 15 is 0 Å². The second-order valence-electron chi connectivity index (χ2n) is 6.96. The number of amides is 1. The van der Waals surface area contributed by atoms with Crippen molar-refractivity contribution in [1.29, 1.82) is 0 Å². The molecule has 0 saturated carbocycles. The van der Waals surface area contributed by atoms with Crippen LogP contribution in [0.3, 0.4) is 0 Å². The van der Waals surface area contributed by atoms with E-state index in [4.69, 9.17) is 5.73 Å². The van der Waals surface area contributed by atoms with Crippen LogP contribution in [0.15, 0.2) is 24.3 Å². The summed E-state index contributed by atoms with van der Waals surface area (Å²) in [5.74, 6) is 0.167. The van der Waals surface area contributed by atoms with Crippen LogP contribution in [0.25, 0.3) is 0 Å². The summed E-state index contributed by atoms with van der Waals surface area (Å²) < 4.78 is 0. The molecular formula is C17H26N2O. The van der Waals surface area contributed by atoms with Gasteiger partial charge < -0.3 is 10.6 Å². The molecule has 0 aliphatic carbocycles. The summed E-state index contributed by atoms with van der Waals surface area (Å²) in [6.45, 7) is 8.13. The Morgan fingerprint density at radius 2 is 1.95 bits per heavy atom. The molecule has 20 heavy (non-hydrogen) atoms. The Morgan fingerprint density at radius 3 is 2.50 bits per heavy atom. The van der Waals surface area contributed by atoms with Crippen molar-refractivity contribution in [1.82, 2.24) is 4.90 Å². The van der Waals surface area contributed by atoms with Gasteiger partial charge in [-0.3, -0.25) is 4.79 Å². The molecule has 1 aliphatic heterocycles. The van der Waals surface area contributed by atoms with E-state index in [0.29, 0.717) is 12.6 Å². The minimum absolute atomic E-state index is 0.167. The summed E-state index contributed by atoms with van der Waals surface area (Å²) in [5, 5.41) is 0. The van der Waals surface area contributed by atoms with Crippen molar-refractivity contribution in [3.8, 4) is 0 Å². The van der Waals surface area contributed by atoms with Gasteiger partial charge in [-0.2, -0.15) is 0 Å². The highest BCUT2D eigenvalue weighted by Crippen LogP contribution is 2.30. The highest BCUT2D eigenvalue weighted by molar-refractivity contribution is 5.94. The topological polar surface area (TPSA) is 46.3 Å². The average molecular weight is 274 g/mol. The van der Waals surface area contributed by atoms with E-state index in [1.807, 2.05) is 24.3 Å². The lowest BCUT2D eigenvalue weighted by molar-refractivity contribution is 0.0704. The van der Waals surface area contributed by atoms with Crippen molar-refractivity contribution in [2.75, 3.05) is 6.54 Å². The third-order valence-corrected chi connectivity index (χ3v) is 3.92. The smallest absolute Gasteiger partial charge is 0.254 e. The number of likely N-dealkylation sites (tertiary alicyclic amines) is 1. The molecule has 1 heterocycles. The third-order valence-electron chi connectivity index (χ3n) is 3.92. The zero-order valence-corrected chi connectivity index (χ0v) is 12.9. The number of hydrogen-bond donors (Lipinski definition) is 1. The van der Waals surface area contributed by atoms with Gasteiger partial charge in [0.15, 0.2) is 0 Å². The van der Waals surface area contributed by atoms with Crippen LogP contribution >= 0.6 is 0 Å². The van der Waals surface area contributed by atoms with Crippen LogP contribution in [-0.2, 0) is 6.54 Å². The first kappa shape index (κ1) is 15.0. The lowest BCUT2D eigenvalue weighted by Crippen LogP contribution is -2.37. The summed E-state index contributed by atoms with van der Waals surface area (Å²) in [7, 11) is 0. The highest BCUT2D eigenvalue weighted by atomic mass is 16.2. The molecule has 1 atom stereocenters. The van der Waals surface area contributed by atoms with E-state index in [1.165, 1.54) is 0 Å². The maximum Gasteiger partial charge on any atom is 0.254 e. The van der Waals surface area contributed by atoms with Crippen molar-refractivity contribution < 1.29 is 4.79 Å². The molecule has 0 unspecified atom stereocenters. The lowest BCUT2D eigenvalue weighted by atomic mass is 9.87. The molecule has 1 fully saturated rings. The van der Waals surface area contributed by atoms with Crippen molar-refractivity contribution in [2.45, 2.75) is 52.6 Å². The number of carbonyl (C=O) groups excluding carboxylic acids is 1. The molecule has 3 nitrogen and oxygen atoms in total. The SMILES string of the molecule is CC(C)(C)C[C@@H]1CCCN1C(=O)c1ccc(CN)cc1. The van der Waals surface area contributed by atoms with Crippen molar-refractivity contribution in [2.24, 2.45) is 11.1 Å². The number of rotatable bonds is 3. The van der Waals surface area contributed by atoms with Gasteiger partial charge in [0, 0.05) is 24.7 Å². The first-order chi connectivity index (χ1) is 9.40. The van der Waals surface area contributed by atoms with Crippen molar-refractivity contribution >= 4 is 5.91 Å². The Bertz CT molecular complexity index is 459. The predicted octanol–water partition coefficient (Wildman–Crippen LogP) is 3.19. The fraction of sp³-hybridized carbons (Fsp3) is 0.588. The Morgan fingerprint density at radius 1 is 1.30 bits per heavy atom. The molecule has 3 heteroatoms. The van der Waals surface area contributed by atoms with Gasteiger partial charge in [0.1, 0.15) is 0 Å². The van der Waals surface area contributed by atoms with Crippen LogP contribution in [0.1, 0.15) is 56.0 Å². The van der Waals surface area contributed by atoms with Crippen LogP contribution in [0, 0.1) is 5.41 Å². The molecule has 0 bridgehead atoms. The van der Waals surface area contributed by atoms with Crippen molar-refractivity contribution in [3.05, 3.63) is 35.4 Å². The molecular weight excluding hydrogens is 248 g/mol. The Labute approximate surface area is 122 Å². The minimum atomic E-state index is 0.167. The zero-order valence-electron chi connectivity index (χ0n) is 12.9. The van der Waals surface area contributed by atoms with Crippen LogP contribution in [0.4, 0.5) is 0 Å². The van der Waals surface area contributed by atoms with Crippen LogP contribution < -0.4 is 5.73 Å². The number of nitrogens with zero attached hydrogens (tertiary/aromatic N) is 1. The van der Waals surface area contributed by atoms with Gasteiger partial charge >= 0.3 is 0 Å². The van der Waals surface area contributed by atoms with Gasteiger partial charge in [0.2, 0.25) is 0 Å². The number of nitrogens with two attached hydrogens (primary N) is 1. The van der Waals surface area contributed by atoms with E-state index < -0.39 is 0 Å². The largest absolute Gasteiger partial charge is 0.336 e. The summed E-state index contributed by atoms with van der Waals surface area (Å²) in [6.07, 6.45) is 3.32. The summed E-state index contributed by atoms with van der Waals surface area (Å²) >= 11 is 0. The predicted molar refractivity (Wildman–Crippen MR) is 82.5 cm³/mol. The number of carbonyl (C=O) groups is 1. The first-order valence-electron chi connectivity index (χ1n) is 7.51. The fourth-order valence-electron chi connectivity index (χ4n) is 2.97. The van der Waals surface area contributed by atoms with Crippen LogP contribution in [-0.4, -0.2) is 23.4 Å². The van der Waals surface area contributed by atoms with Gasteiger partial charge in [0.25, 0.3) is 5.91 Å². The van der Waals surface area contributed by atoms with Gasteiger partial charge in [-0.05, 0) is 42.4 Å². The zero-order chi connectivity index (χ0) is 14.8. The van der Waals surface area contributed by atoms with E-state index in [1.54, 1.807) is 0 Å². The maximum absolute atomic E-state index is 12.6. The lowest BCUT2D eigenvalue weighted by Gasteiger charge is -2.30. The summed E-state index contributed by atoms with van der Waals surface area (Å²) in [6, 6.07) is 8.08. The van der Waals surface area contributed by atoms with Crippen molar-refractivity contribution in [3.63, 3.8) is 0 Å². The summed E-state index contributed by atoms with van der Waals surface area (Å²) in [5.41, 5.74) is 7.70. The van der Waals surface area contributed by atoms with Gasteiger partial charge in [0.05, 0.1) is 0 Å². The van der Waals surface area contributed by atoms with E-state index in [9.17, 15) is 4.79 Å². The molecule has 0 spiro atoms. The molecule has 1 saturated heterocycles. The van der Waals surface area contributed by atoms with Gasteiger partial charge in [-0.15, -0.1) is 0 Å². The molecule has 1 amide bonds. The van der Waals surface area contributed by atoms with E-state index in [-0.39, 0.29) is 11.3 Å². The minimum Gasteiger partial charge on any atom is -0.336 e. The van der Waals surface area contributed by atoms with Gasteiger partial charge in [-0.1, -0.05) is 32.9 Å². The molecule has 2 rings (SSSR count). The molecule has 1 aromatic carbocycles. The Kier molecular flexibility index (Phi) is 4.48. The average Bonchev–Trinajstić information content (AvgIpc) is 2.84. The Balaban J connectivity index is 2.10. The third kappa shape index (κ3) is 3.60. The normalized spacial score (nSPS) is 19.4. The number of hydrogen-bond acceptors (Lipinski definition) is 2. The first-order valence-corrected chi connectivity index (χ1v) is 7.51. The second-order valence-corrected chi connectivity index (χ2v) is 6.96. The molecule has 2 N–H and O–H groups in total. The maximum atomic E-state index is 12.6. The molecule has 0 radical (unpaired) electrons. The Hall–Kier alpha value is -1.35.